The van der Waals surface area contributed by atoms with Gasteiger partial charge >= 0.3 is 5.97 Å². The maximum atomic E-state index is 12.3. The summed E-state index contributed by atoms with van der Waals surface area (Å²) in [5.41, 5.74) is 3.22. The minimum atomic E-state index is -0.431. The molecule has 4 aromatic rings. The summed E-state index contributed by atoms with van der Waals surface area (Å²) in [6.07, 6.45) is 4.66. The van der Waals surface area contributed by atoms with Crippen LogP contribution in [0.15, 0.2) is 61.1 Å². The first kappa shape index (κ1) is 19.9. The number of carbonyl (C=O) groups is 1. The molecule has 0 aliphatic carbocycles. The lowest BCUT2D eigenvalue weighted by molar-refractivity contribution is 0.0525. The largest absolute Gasteiger partial charge is 0.462 e. The average molecular weight is 413 g/mol. The minimum absolute atomic E-state index is 0.273. The number of para-hydroxylation sites is 1. The average Bonchev–Trinajstić information content (AvgIpc) is 3.13. The predicted octanol–water partition coefficient (Wildman–Crippen LogP) is 4.62. The molecule has 0 bridgehead atoms. The van der Waals surface area contributed by atoms with Crippen LogP contribution in [-0.2, 0) is 4.74 Å². The first-order chi connectivity index (χ1) is 15.1. The van der Waals surface area contributed by atoms with E-state index in [0.717, 1.165) is 0 Å². The second-order valence-corrected chi connectivity index (χ2v) is 6.65. The van der Waals surface area contributed by atoms with Gasteiger partial charge in [-0.15, -0.1) is 0 Å². The Morgan fingerprint density at radius 2 is 2.00 bits per heavy atom. The summed E-state index contributed by atoms with van der Waals surface area (Å²) in [5, 5.41) is 17.1. The molecule has 4 rings (SSSR count). The molecule has 0 spiro atoms. The maximum Gasteiger partial charge on any atom is 0.340 e. The van der Waals surface area contributed by atoms with Gasteiger partial charge in [0.15, 0.2) is 0 Å². The van der Waals surface area contributed by atoms with E-state index in [1.54, 1.807) is 42.9 Å². The van der Waals surface area contributed by atoms with Gasteiger partial charge in [-0.05, 0) is 37.6 Å². The number of hydrogen-bond donors (Lipinski definition) is 1. The van der Waals surface area contributed by atoms with Crippen molar-refractivity contribution in [3.63, 3.8) is 0 Å². The van der Waals surface area contributed by atoms with E-state index < -0.39 is 5.97 Å². The van der Waals surface area contributed by atoms with Gasteiger partial charge in [-0.25, -0.2) is 14.3 Å². The number of hydrogen-bond acceptors (Lipinski definition) is 7. The van der Waals surface area contributed by atoms with E-state index in [9.17, 15) is 10.1 Å². The molecule has 0 radical (unpaired) electrons. The van der Waals surface area contributed by atoms with Crippen molar-refractivity contribution in [2.24, 2.45) is 0 Å². The van der Waals surface area contributed by atoms with Crippen LogP contribution < -0.4 is 10.1 Å². The van der Waals surface area contributed by atoms with Crippen LogP contribution in [0.5, 0.6) is 11.6 Å². The molecule has 31 heavy (non-hydrogen) atoms. The molecule has 8 heteroatoms. The number of nitriles is 1. The van der Waals surface area contributed by atoms with Crippen LogP contribution >= 0.6 is 0 Å². The lowest BCUT2D eigenvalue weighted by Crippen LogP contribution is -2.04. The van der Waals surface area contributed by atoms with E-state index in [0.29, 0.717) is 45.2 Å². The van der Waals surface area contributed by atoms with Gasteiger partial charge < -0.3 is 14.8 Å². The Morgan fingerprint density at radius 1 is 1.19 bits per heavy atom. The number of nitrogens with one attached hydrogen (secondary N) is 1. The van der Waals surface area contributed by atoms with Crippen LogP contribution in [0.3, 0.4) is 0 Å². The number of esters is 1. The molecular formula is C23H19N5O3. The van der Waals surface area contributed by atoms with Crippen molar-refractivity contribution in [2.75, 3.05) is 11.9 Å². The zero-order valence-electron chi connectivity index (χ0n) is 17.0. The van der Waals surface area contributed by atoms with Crippen molar-refractivity contribution < 1.29 is 14.3 Å². The van der Waals surface area contributed by atoms with Crippen molar-refractivity contribution in [2.45, 2.75) is 13.8 Å². The summed E-state index contributed by atoms with van der Waals surface area (Å²) >= 11 is 0. The van der Waals surface area contributed by atoms with E-state index in [4.69, 9.17) is 9.47 Å². The highest BCUT2D eigenvalue weighted by Gasteiger charge is 2.20. The van der Waals surface area contributed by atoms with E-state index in [2.05, 4.69) is 21.5 Å². The Labute approximate surface area is 178 Å². The number of aryl methyl sites for hydroxylation is 1. The fraction of sp³-hybridized carbons (Fsp3) is 0.130. The lowest BCUT2D eigenvalue weighted by atomic mass is 10.1. The Morgan fingerprint density at radius 3 is 2.68 bits per heavy atom. The monoisotopic (exact) mass is 413 g/mol. The van der Waals surface area contributed by atoms with Gasteiger partial charge in [-0.2, -0.15) is 10.4 Å². The predicted molar refractivity (Wildman–Crippen MR) is 115 cm³/mol. The molecule has 3 aromatic heterocycles. The number of fused-ring (bicyclic) bond motifs is 1. The van der Waals surface area contributed by atoms with Crippen molar-refractivity contribution in [3.8, 4) is 17.7 Å². The maximum absolute atomic E-state index is 12.3. The number of nitrogens with zero attached hydrogens (tertiary/aromatic N) is 4. The molecule has 1 aromatic carbocycles. The minimum Gasteiger partial charge on any atom is -0.462 e. The van der Waals surface area contributed by atoms with Crippen LogP contribution in [0.1, 0.15) is 28.4 Å². The number of ether oxygens (including phenoxy) is 2. The van der Waals surface area contributed by atoms with E-state index in [1.165, 1.54) is 6.20 Å². The zero-order valence-corrected chi connectivity index (χ0v) is 17.0. The van der Waals surface area contributed by atoms with Gasteiger partial charge in [0.05, 0.1) is 47.0 Å². The smallest absolute Gasteiger partial charge is 0.340 e. The van der Waals surface area contributed by atoms with Crippen LogP contribution in [0.4, 0.5) is 11.4 Å². The number of pyridine rings is 1. The third kappa shape index (κ3) is 4.02. The Hall–Kier alpha value is -4.38. The van der Waals surface area contributed by atoms with Crippen LogP contribution in [0.25, 0.3) is 5.52 Å². The Balaban J connectivity index is 1.67. The van der Waals surface area contributed by atoms with Crippen molar-refractivity contribution >= 4 is 22.9 Å². The van der Waals surface area contributed by atoms with Gasteiger partial charge in [-0.3, -0.25) is 0 Å². The van der Waals surface area contributed by atoms with Gasteiger partial charge in [0.1, 0.15) is 11.8 Å². The standard InChI is InChI=1S/C23H19N5O3/c1-3-30-23(29)19-14-28-22(15(19)2)21(16(11-24)12-26-28)27-17-9-10-20(25-13-17)31-18-7-5-4-6-8-18/h4-10,12-14,27H,3H2,1-2H3. The van der Waals surface area contributed by atoms with Gasteiger partial charge in [-0.1, -0.05) is 18.2 Å². The number of rotatable bonds is 6. The van der Waals surface area contributed by atoms with Crippen molar-refractivity contribution in [1.82, 2.24) is 14.6 Å². The highest BCUT2D eigenvalue weighted by atomic mass is 16.5. The molecule has 0 saturated carbocycles. The molecule has 154 valence electrons. The quantitative estimate of drug-likeness (QED) is 0.460. The summed E-state index contributed by atoms with van der Waals surface area (Å²) in [7, 11) is 0. The van der Waals surface area contributed by atoms with E-state index in [-0.39, 0.29) is 6.61 Å². The first-order valence-corrected chi connectivity index (χ1v) is 9.65. The first-order valence-electron chi connectivity index (χ1n) is 9.65. The number of anilines is 2. The molecule has 1 N–H and O–H groups in total. The normalized spacial score (nSPS) is 10.5. The third-order valence-corrected chi connectivity index (χ3v) is 4.64. The molecule has 3 heterocycles. The molecule has 0 saturated heterocycles. The molecule has 0 amide bonds. The highest BCUT2D eigenvalue weighted by Crippen LogP contribution is 2.31. The second-order valence-electron chi connectivity index (χ2n) is 6.65. The summed E-state index contributed by atoms with van der Waals surface area (Å²) in [6, 6.07) is 15.0. The zero-order chi connectivity index (χ0) is 21.8. The van der Waals surface area contributed by atoms with Crippen LogP contribution in [0, 0.1) is 18.3 Å². The second kappa shape index (κ2) is 8.55. The molecule has 0 atom stereocenters. The Kier molecular flexibility index (Phi) is 5.49. The topological polar surface area (TPSA) is 102 Å². The number of aromatic nitrogens is 3. The lowest BCUT2D eigenvalue weighted by Gasteiger charge is -2.11. The molecule has 0 aliphatic heterocycles. The van der Waals surface area contributed by atoms with Crippen molar-refractivity contribution in [1.29, 1.82) is 5.26 Å². The summed E-state index contributed by atoms with van der Waals surface area (Å²) < 4.78 is 12.4. The third-order valence-electron chi connectivity index (χ3n) is 4.64. The fourth-order valence-corrected chi connectivity index (χ4v) is 3.18. The summed E-state index contributed by atoms with van der Waals surface area (Å²) in [5.74, 6) is 0.702. The molecular weight excluding hydrogens is 394 g/mol. The van der Waals surface area contributed by atoms with Crippen molar-refractivity contribution in [3.05, 3.63) is 77.7 Å². The number of carbonyl (C=O) groups excluding carboxylic acids is 1. The molecule has 8 nitrogen and oxygen atoms in total. The molecule has 0 aliphatic rings. The summed E-state index contributed by atoms with van der Waals surface area (Å²) in [6.45, 7) is 3.82. The van der Waals surface area contributed by atoms with E-state index >= 15 is 0 Å². The molecule has 0 unspecified atom stereocenters. The summed E-state index contributed by atoms with van der Waals surface area (Å²) in [4.78, 5) is 16.6. The fourth-order valence-electron chi connectivity index (χ4n) is 3.18. The Bertz CT molecular complexity index is 1270. The van der Waals surface area contributed by atoms with Gasteiger partial charge in [0.25, 0.3) is 0 Å². The van der Waals surface area contributed by atoms with E-state index in [1.807, 2.05) is 30.3 Å². The van der Waals surface area contributed by atoms with Gasteiger partial charge in [0.2, 0.25) is 5.88 Å². The van der Waals surface area contributed by atoms with Crippen LogP contribution in [0.2, 0.25) is 0 Å². The van der Waals surface area contributed by atoms with Gasteiger partial charge in [0, 0.05) is 12.3 Å². The SMILES string of the molecule is CCOC(=O)c1cn2ncc(C#N)c(Nc3ccc(Oc4ccccc4)nc3)c2c1C. The number of benzene rings is 1. The highest BCUT2D eigenvalue weighted by molar-refractivity contribution is 5.97. The van der Waals surface area contributed by atoms with Crippen LogP contribution in [-0.4, -0.2) is 27.2 Å². The molecule has 0 fully saturated rings.